The summed E-state index contributed by atoms with van der Waals surface area (Å²) in [6.07, 6.45) is -4.23. The average molecular weight is 507 g/mol. The van der Waals surface area contributed by atoms with Crippen LogP contribution in [-0.2, 0) is 15.6 Å². The van der Waals surface area contributed by atoms with Crippen LogP contribution in [-0.4, -0.2) is 35.3 Å². The van der Waals surface area contributed by atoms with Crippen molar-refractivity contribution in [1.82, 2.24) is 15.4 Å². The molecule has 1 aromatic heterocycles. The number of nitrogens with zero attached hydrogens (tertiary/aromatic N) is 2. The number of amides is 1. The minimum absolute atomic E-state index is 0.102. The zero-order chi connectivity index (χ0) is 25.8. The largest absolute Gasteiger partial charge is 0.421 e. The van der Waals surface area contributed by atoms with Crippen molar-refractivity contribution in [1.29, 1.82) is 0 Å². The lowest BCUT2D eigenvalue weighted by molar-refractivity contribution is -0.137. The molecule has 3 aromatic rings. The molecular weight excluding hydrogens is 482 g/mol. The van der Waals surface area contributed by atoms with Crippen LogP contribution in [0, 0.1) is 0 Å². The average Bonchev–Trinajstić information content (AvgIpc) is 2.77. The van der Waals surface area contributed by atoms with Crippen molar-refractivity contribution in [2.45, 2.75) is 26.1 Å². The number of anilines is 4. The number of aromatic nitrogens is 2. The van der Waals surface area contributed by atoms with Crippen molar-refractivity contribution >= 4 is 41.5 Å². The van der Waals surface area contributed by atoms with E-state index in [0.29, 0.717) is 22.8 Å². The van der Waals surface area contributed by atoms with Gasteiger partial charge in [0.05, 0.1) is 11.8 Å². The Bertz CT molecular complexity index is 1240. The third-order valence-corrected chi connectivity index (χ3v) is 6.17. The van der Waals surface area contributed by atoms with E-state index < -0.39 is 30.6 Å². The number of carbonyl (C=O) groups excluding carboxylic acids is 1. The second-order valence-corrected chi connectivity index (χ2v) is 11.4. The van der Waals surface area contributed by atoms with E-state index in [1.165, 1.54) is 31.5 Å². The first kappa shape index (κ1) is 26.2. The van der Waals surface area contributed by atoms with Crippen LogP contribution in [0.1, 0.15) is 29.8 Å². The van der Waals surface area contributed by atoms with Gasteiger partial charge in [-0.25, -0.2) is 10.5 Å². The van der Waals surface area contributed by atoms with E-state index in [1.54, 1.807) is 44.2 Å². The summed E-state index contributed by atoms with van der Waals surface area (Å²) in [6, 6.07) is 12.6. The fourth-order valence-corrected chi connectivity index (χ4v) is 4.14. The van der Waals surface area contributed by atoms with Crippen LogP contribution >= 0.6 is 7.14 Å². The second kappa shape index (κ2) is 10.5. The number of hydroxylamine groups is 1. The van der Waals surface area contributed by atoms with Crippen LogP contribution in [0.5, 0.6) is 0 Å². The van der Waals surface area contributed by atoms with Crippen LogP contribution in [0.3, 0.4) is 0 Å². The Hall–Kier alpha value is -3.43. The highest BCUT2D eigenvalue weighted by atomic mass is 31.2. The highest BCUT2D eigenvalue weighted by Gasteiger charge is 2.35. The summed E-state index contributed by atoms with van der Waals surface area (Å²) in [5.41, 5.74) is 2.28. The van der Waals surface area contributed by atoms with Gasteiger partial charge in [0.25, 0.3) is 5.91 Å². The van der Waals surface area contributed by atoms with E-state index in [9.17, 15) is 22.5 Å². The Morgan fingerprint density at radius 2 is 1.69 bits per heavy atom. The predicted octanol–water partition coefficient (Wildman–Crippen LogP) is 5.30. The number of alkyl halides is 3. The fraction of sp³-hybridized carbons (Fsp3) is 0.261. The molecule has 0 fully saturated rings. The normalized spacial score (nSPS) is 11.9. The molecule has 0 saturated heterocycles. The molecular formula is C23H25F3N5O3P. The number of halogens is 3. The molecule has 0 atom stereocenters. The second-order valence-electron chi connectivity index (χ2n) is 8.25. The molecule has 186 valence electrons. The fourth-order valence-electron chi connectivity index (χ4n) is 2.99. The summed E-state index contributed by atoms with van der Waals surface area (Å²) in [5, 5.41) is 5.90. The number of para-hydroxylation sites is 1. The first-order valence-electron chi connectivity index (χ1n) is 10.5. The Morgan fingerprint density at radius 3 is 2.29 bits per heavy atom. The highest BCUT2D eigenvalue weighted by Crippen LogP contribution is 2.40. The molecule has 2 aromatic carbocycles. The lowest BCUT2D eigenvalue weighted by Gasteiger charge is -2.18. The predicted molar refractivity (Wildman–Crippen MR) is 129 cm³/mol. The monoisotopic (exact) mass is 507 g/mol. The maximum Gasteiger partial charge on any atom is 0.421 e. The summed E-state index contributed by atoms with van der Waals surface area (Å²) in [5.74, 6) is -1.03. The zero-order valence-electron chi connectivity index (χ0n) is 19.5. The Balaban J connectivity index is 1.87. The third kappa shape index (κ3) is 7.03. The van der Waals surface area contributed by atoms with Gasteiger partial charge < -0.3 is 15.2 Å². The van der Waals surface area contributed by atoms with Gasteiger partial charge in [0.2, 0.25) is 5.95 Å². The Kier molecular flexibility index (Phi) is 7.82. The molecule has 0 unspecified atom stereocenters. The SMILES string of the molecule is CC(C)ONC(=O)c1ccc(Nc2ncc(C(F)(F)F)c(Nc3ccccc3P(C)(C)=O)n2)cc1. The quantitative estimate of drug-likeness (QED) is 0.281. The van der Waals surface area contributed by atoms with Crippen molar-refractivity contribution < 1.29 is 27.4 Å². The first-order valence-corrected chi connectivity index (χ1v) is 13.1. The Morgan fingerprint density at radius 1 is 1.03 bits per heavy atom. The topological polar surface area (TPSA) is 105 Å². The summed E-state index contributed by atoms with van der Waals surface area (Å²) < 4.78 is 53.5. The molecule has 0 saturated carbocycles. The van der Waals surface area contributed by atoms with Gasteiger partial charge in [0.1, 0.15) is 18.5 Å². The molecule has 0 spiro atoms. The molecule has 35 heavy (non-hydrogen) atoms. The van der Waals surface area contributed by atoms with E-state index in [-0.39, 0.29) is 17.7 Å². The number of hydrogen-bond donors (Lipinski definition) is 3. The van der Waals surface area contributed by atoms with Gasteiger partial charge >= 0.3 is 6.18 Å². The Labute approximate surface area is 200 Å². The van der Waals surface area contributed by atoms with E-state index >= 15 is 0 Å². The van der Waals surface area contributed by atoms with Crippen molar-refractivity contribution in [3.63, 3.8) is 0 Å². The standard InChI is InChI=1S/C23H25F3N5O3P/c1-14(2)34-31-21(32)15-9-11-16(12-10-15)28-22-27-13-17(23(24,25)26)20(30-22)29-18-7-5-6-8-19(18)35(3,4)33/h5-14H,1-4H3,(H,31,32)(H2,27,28,29,30). The van der Waals surface area contributed by atoms with Gasteiger partial charge in [-0.15, -0.1) is 0 Å². The summed E-state index contributed by atoms with van der Waals surface area (Å²) in [6.45, 7) is 6.60. The lowest BCUT2D eigenvalue weighted by Crippen LogP contribution is -2.26. The van der Waals surface area contributed by atoms with Crippen molar-refractivity contribution in [3.05, 3.63) is 65.9 Å². The van der Waals surface area contributed by atoms with Gasteiger partial charge in [0.15, 0.2) is 0 Å². The van der Waals surface area contributed by atoms with Crippen LogP contribution in [0.25, 0.3) is 0 Å². The first-order chi connectivity index (χ1) is 16.3. The van der Waals surface area contributed by atoms with Crippen molar-refractivity contribution in [2.75, 3.05) is 24.0 Å². The molecule has 3 N–H and O–H groups in total. The molecule has 0 aliphatic rings. The number of benzene rings is 2. The smallest absolute Gasteiger partial charge is 0.339 e. The maximum absolute atomic E-state index is 13.6. The number of nitrogens with one attached hydrogen (secondary N) is 3. The van der Waals surface area contributed by atoms with Crippen LogP contribution in [0.15, 0.2) is 54.7 Å². The maximum atomic E-state index is 13.6. The molecule has 0 aliphatic heterocycles. The molecule has 1 heterocycles. The highest BCUT2D eigenvalue weighted by molar-refractivity contribution is 7.70. The van der Waals surface area contributed by atoms with E-state index in [0.717, 1.165) is 0 Å². The van der Waals surface area contributed by atoms with Crippen LogP contribution in [0.2, 0.25) is 0 Å². The molecule has 1 amide bonds. The molecule has 12 heteroatoms. The number of carbonyl (C=O) groups is 1. The zero-order valence-corrected chi connectivity index (χ0v) is 20.4. The molecule has 8 nitrogen and oxygen atoms in total. The molecule has 0 aliphatic carbocycles. The van der Waals surface area contributed by atoms with Crippen molar-refractivity contribution in [3.8, 4) is 0 Å². The summed E-state index contributed by atoms with van der Waals surface area (Å²) in [4.78, 5) is 24.9. The van der Waals surface area contributed by atoms with Crippen LogP contribution in [0.4, 0.5) is 36.3 Å². The number of rotatable bonds is 8. The lowest BCUT2D eigenvalue weighted by atomic mass is 10.2. The summed E-state index contributed by atoms with van der Waals surface area (Å²) >= 11 is 0. The minimum atomic E-state index is -4.72. The molecule has 3 rings (SSSR count). The van der Waals surface area contributed by atoms with Crippen LogP contribution < -0.4 is 21.4 Å². The molecule has 0 radical (unpaired) electrons. The summed E-state index contributed by atoms with van der Waals surface area (Å²) in [7, 11) is -2.78. The van der Waals surface area contributed by atoms with Crippen molar-refractivity contribution in [2.24, 2.45) is 0 Å². The van der Waals surface area contributed by atoms with Gasteiger partial charge in [-0.3, -0.25) is 9.63 Å². The van der Waals surface area contributed by atoms with E-state index in [1.807, 2.05) is 0 Å². The van der Waals surface area contributed by atoms with Gasteiger partial charge in [-0.05, 0) is 63.6 Å². The van der Waals surface area contributed by atoms with Gasteiger partial charge in [0, 0.05) is 22.8 Å². The third-order valence-electron chi connectivity index (χ3n) is 4.62. The minimum Gasteiger partial charge on any atom is -0.339 e. The van der Waals surface area contributed by atoms with Gasteiger partial charge in [-0.1, -0.05) is 12.1 Å². The van der Waals surface area contributed by atoms with Gasteiger partial charge in [-0.2, -0.15) is 18.2 Å². The van der Waals surface area contributed by atoms with E-state index in [4.69, 9.17) is 4.84 Å². The molecule has 0 bridgehead atoms. The number of hydrogen-bond acceptors (Lipinski definition) is 7. The van der Waals surface area contributed by atoms with E-state index in [2.05, 4.69) is 26.1 Å².